The summed E-state index contributed by atoms with van der Waals surface area (Å²) in [6, 6.07) is 0. The van der Waals surface area contributed by atoms with Crippen molar-refractivity contribution in [1.29, 1.82) is 0 Å². The Morgan fingerprint density at radius 1 is 1.27 bits per heavy atom. The third-order valence-corrected chi connectivity index (χ3v) is 3.48. The van der Waals surface area contributed by atoms with Crippen molar-refractivity contribution in [2.75, 3.05) is 0 Å². The minimum atomic E-state index is -0.0424. The molecule has 2 heteroatoms. The quantitative estimate of drug-likeness (QED) is 0.659. The average Bonchev–Trinajstić information content (AvgIpc) is 2.12. The van der Waals surface area contributed by atoms with Gasteiger partial charge in [-0.25, -0.2) is 0 Å². The van der Waals surface area contributed by atoms with E-state index in [0.29, 0.717) is 10.00 Å². The second kappa shape index (κ2) is 3.36. The van der Waals surface area contributed by atoms with Gasteiger partial charge in [0.1, 0.15) is 0 Å². The van der Waals surface area contributed by atoms with Crippen LogP contribution in [0.3, 0.4) is 0 Å². The molecule has 0 spiro atoms. The molecule has 0 aliphatic heterocycles. The molecule has 0 radical (unpaired) electrons. The van der Waals surface area contributed by atoms with E-state index in [2.05, 4.69) is 20.8 Å². The van der Waals surface area contributed by atoms with Crippen molar-refractivity contribution in [1.82, 2.24) is 0 Å². The van der Waals surface area contributed by atoms with Gasteiger partial charge in [-0.05, 0) is 19.3 Å². The van der Waals surface area contributed by atoms with E-state index >= 15 is 0 Å². The van der Waals surface area contributed by atoms with Crippen molar-refractivity contribution in [2.24, 2.45) is 0 Å². The molecule has 0 heterocycles. The van der Waals surface area contributed by atoms with Gasteiger partial charge in [-0.3, -0.25) is 0 Å². The lowest BCUT2D eigenvalue weighted by Crippen LogP contribution is -2.22. The fourth-order valence-corrected chi connectivity index (χ4v) is 2.98. The topological polar surface area (TPSA) is 20.2 Å². The van der Waals surface area contributed by atoms with Crippen LogP contribution in [0.1, 0.15) is 40.0 Å². The molecule has 66 valence electrons. The zero-order valence-electron chi connectivity index (χ0n) is 7.63. The van der Waals surface area contributed by atoms with Crippen LogP contribution in [0, 0.1) is 0 Å². The second-order valence-corrected chi connectivity index (χ2v) is 6.33. The Morgan fingerprint density at radius 2 is 1.91 bits per heavy atom. The molecule has 1 aliphatic carbocycles. The van der Waals surface area contributed by atoms with Crippen LogP contribution in [0.25, 0.3) is 0 Å². The summed E-state index contributed by atoms with van der Waals surface area (Å²) in [7, 11) is 0. The summed E-state index contributed by atoms with van der Waals surface area (Å²) in [6.07, 6.45) is 3.37. The average molecular weight is 174 g/mol. The molecule has 1 rings (SSSR count). The summed E-state index contributed by atoms with van der Waals surface area (Å²) in [4.78, 5) is 0. The fraction of sp³-hybridized carbons (Fsp3) is 1.00. The smallest absolute Gasteiger partial charge is 0.0659 e. The lowest BCUT2D eigenvalue weighted by Gasteiger charge is -2.24. The molecule has 0 unspecified atom stereocenters. The van der Waals surface area contributed by atoms with E-state index in [9.17, 15) is 5.11 Å². The van der Waals surface area contributed by atoms with E-state index in [0.717, 1.165) is 6.42 Å². The van der Waals surface area contributed by atoms with Crippen molar-refractivity contribution in [2.45, 2.75) is 56.1 Å². The predicted octanol–water partition coefficient (Wildman–Crippen LogP) is 2.43. The molecule has 1 aliphatic rings. The van der Waals surface area contributed by atoms with E-state index in [1.54, 1.807) is 0 Å². The normalized spacial score (nSPS) is 32.7. The summed E-state index contributed by atoms with van der Waals surface area (Å²) < 4.78 is 0.302. The lowest BCUT2D eigenvalue weighted by molar-refractivity contribution is 0.187. The van der Waals surface area contributed by atoms with E-state index in [1.165, 1.54) is 12.8 Å². The van der Waals surface area contributed by atoms with Gasteiger partial charge in [-0.1, -0.05) is 20.8 Å². The molecule has 1 saturated carbocycles. The zero-order valence-corrected chi connectivity index (χ0v) is 8.45. The minimum absolute atomic E-state index is 0.0424. The van der Waals surface area contributed by atoms with E-state index in [1.807, 2.05) is 11.8 Å². The number of hydrogen-bond donors (Lipinski definition) is 1. The first-order valence-electron chi connectivity index (χ1n) is 4.35. The van der Waals surface area contributed by atoms with Gasteiger partial charge in [0.05, 0.1) is 6.10 Å². The summed E-state index contributed by atoms with van der Waals surface area (Å²) in [5.74, 6) is 0. The Morgan fingerprint density at radius 3 is 2.27 bits per heavy atom. The molecule has 2 atom stereocenters. The van der Waals surface area contributed by atoms with Crippen molar-refractivity contribution < 1.29 is 5.11 Å². The Labute approximate surface area is 73.6 Å². The first-order chi connectivity index (χ1) is 4.99. The van der Waals surface area contributed by atoms with Gasteiger partial charge in [0.25, 0.3) is 0 Å². The number of aliphatic hydroxyl groups excluding tert-OH is 1. The van der Waals surface area contributed by atoms with Gasteiger partial charge in [-0.2, -0.15) is 0 Å². The largest absolute Gasteiger partial charge is 0.392 e. The van der Waals surface area contributed by atoms with Gasteiger partial charge >= 0.3 is 0 Å². The molecule has 1 nitrogen and oxygen atoms in total. The van der Waals surface area contributed by atoms with Crippen LogP contribution >= 0.6 is 11.8 Å². The van der Waals surface area contributed by atoms with Gasteiger partial charge in [0, 0.05) is 10.00 Å². The summed E-state index contributed by atoms with van der Waals surface area (Å²) >= 11 is 1.92. The molecule has 0 aromatic heterocycles. The molecule has 0 saturated heterocycles. The molecular formula is C9H18OS. The lowest BCUT2D eigenvalue weighted by atomic mass is 10.3. The third-order valence-electron chi connectivity index (χ3n) is 1.92. The van der Waals surface area contributed by atoms with E-state index in [-0.39, 0.29) is 6.10 Å². The highest BCUT2D eigenvalue weighted by molar-refractivity contribution is 8.01. The summed E-state index contributed by atoms with van der Waals surface area (Å²) in [6.45, 7) is 6.63. The molecule has 0 bridgehead atoms. The molecule has 1 N–H and O–H groups in total. The number of thioether (sulfide) groups is 1. The van der Waals surface area contributed by atoms with E-state index in [4.69, 9.17) is 0 Å². The van der Waals surface area contributed by atoms with Crippen molar-refractivity contribution in [3.05, 3.63) is 0 Å². The van der Waals surface area contributed by atoms with E-state index < -0.39 is 0 Å². The van der Waals surface area contributed by atoms with Gasteiger partial charge in [-0.15, -0.1) is 11.8 Å². The van der Waals surface area contributed by atoms with Crippen molar-refractivity contribution in [3.8, 4) is 0 Å². The predicted molar refractivity (Wildman–Crippen MR) is 51.0 cm³/mol. The second-order valence-electron chi connectivity index (χ2n) is 4.27. The SMILES string of the molecule is CC(C)(C)S[C@H]1CCC[C@@H]1O. The maximum Gasteiger partial charge on any atom is 0.0659 e. The van der Waals surface area contributed by atoms with Crippen LogP contribution in [-0.4, -0.2) is 21.2 Å². The first-order valence-corrected chi connectivity index (χ1v) is 5.23. The van der Waals surface area contributed by atoms with Gasteiger partial charge in [0.15, 0.2) is 0 Å². The molecule has 0 aromatic carbocycles. The zero-order chi connectivity index (χ0) is 8.48. The monoisotopic (exact) mass is 174 g/mol. The maximum absolute atomic E-state index is 9.53. The van der Waals surface area contributed by atoms with Gasteiger partial charge in [0.2, 0.25) is 0 Å². The van der Waals surface area contributed by atoms with Crippen LogP contribution in [0.2, 0.25) is 0 Å². The van der Waals surface area contributed by atoms with Crippen LogP contribution in [-0.2, 0) is 0 Å². The third kappa shape index (κ3) is 3.04. The highest BCUT2D eigenvalue weighted by Crippen LogP contribution is 2.37. The molecule has 0 amide bonds. The Bertz CT molecular complexity index is 128. The highest BCUT2D eigenvalue weighted by Gasteiger charge is 2.29. The highest BCUT2D eigenvalue weighted by atomic mass is 32.2. The Hall–Kier alpha value is 0.310. The summed E-state index contributed by atoms with van der Waals surface area (Å²) in [5, 5.41) is 10.0. The number of rotatable bonds is 1. The molecule has 1 fully saturated rings. The van der Waals surface area contributed by atoms with Crippen LogP contribution < -0.4 is 0 Å². The number of aliphatic hydroxyl groups is 1. The standard InChI is InChI=1S/C9H18OS/c1-9(2,3)11-8-6-4-5-7(8)10/h7-8,10H,4-6H2,1-3H3/t7-,8-/m0/s1. The molecule has 11 heavy (non-hydrogen) atoms. The molecule has 0 aromatic rings. The van der Waals surface area contributed by atoms with Gasteiger partial charge < -0.3 is 5.11 Å². The summed E-state index contributed by atoms with van der Waals surface area (Å²) in [5.41, 5.74) is 0. The van der Waals surface area contributed by atoms with Crippen LogP contribution in [0.4, 0.5) is 0 Å². The van der Waals surface area contributed by atoms with Crippen LogP contribution in [0.5, 0.6) is 0 Å². The fourth-order valence-electron chi connectivity index (χ4n) is 1.50. The Kier molecular flexibility index (Phi) is 2.87. The maximum atomic E-state index is 9.53. The van der Waals surface area contributed by atoms with Crippen molar-refractivity contribution >= 4 is 11.8 Å². The van der Waals surface area contributed by atoms with Crippen LogP contribution in [0.15, 0.2) is 0 Å². The molecular weight excluding hydrogens is 156 g/mol. The Balaban J connectivity index is 2.37. The minimum Gasteiger partial charge on any atom is -0.392 e. The number of hydrogen-bond acceptors (Lipinski definition) is 2. The van der Waals surface area contributed by atoms with Crippen molar-refractivity contribution in [3.63, 3.8) is 0 Å². The first kappa shape index (κ1) is 9.40.